The fourth-order valence-corrected chi connectivity index (χ4v) is 3.51. The summed E-state index contributed by atoms with van der Waals surface area (Å²) in [6.07, 6.45) is 0. The van der Waals surface area contributed by atoms with Gasteiger partial charge in [-0.1, -0.05) is 6.58 Å². The third-order valence-electron chi connectivity index (χ3n) is 2.04. The van der Waals surface area contributed by atoms with E-state index in [0.717, 1.165) is 0 Å². The Hall–Kier alpha value is -0.620. The van der Waals surface area contributed by atoms with Crippen LogP contribution in [0.4, 0.5) is 0 Å². The molecule has 0 aliphatic carbocycles. The summed E-state index contributed by atoms with van der Waals surface area (Å²) in [4.78, 5) is 0. The highest BCUT2D eigenvalue weighted by Crippen LogP contribution is 2.16. The Balaban J connectivity index is 2.54. The Morgan fingerprint density at radius 1 is 1.60 bits per heavy atom. The second kappa shape index (κ2) is 4.49. The smallest absolute Gasteiger partial charge is 0.166 e. The number of rotatable bonds is 2. The van der Waals surface area contributed by atoms with Gasteiger partial charge in [0.15, 0.2) is 14.9 Å². The Kier molecular flexibility index (Phi) is 3.72. The van der Waals surface area contributed by atoms with Crippen molar-refractivity contribution in [3.8, 4) is 0 Å². The SMILES string of the molecule is C=C1CS(=O)(=O)CC1NC(=S)NC(C)C. The van der Waals surface area contributed by atoms with Crippen molar-refractivity contribution in [2.24, 2.45) is 0 Å². The summed E-state index contributed by atoms with van der Waals surface area (Å²) in [7, 11) is -2.97. The normalized spacial score (nSPS) is 24.2. The van der Waals surface area contributed by atoms with Crippen LogP contribution in [0.25, 0.3) is 0 Å². The lowest BCUT2D eigenvalue weighted by molar-refractivity contribution is 0.600. The Morgan fingerprint density at radius 3 is 2.60 bits per heavy atom. The number of hydrogen-bond donors (Lipinski definition) is 2. The number of hydrogen-bond acceptors (Lipinski definition) is 3. The van der Waals surface area contributed by atoms with E-state index in [0.29, 0.717) is 10.7 Å². The molecule has 1 aliphatic rings. The van der Waals surface area contributed by atoms with Gasteiger partial charge in [-0.15, -0.1) is 0 Å². The zero-order chi connectivity index (χ0) is 11.6. The van der Waals surface area contributed by atoms with Gasteiger partial charge < -0.3 is 10.6 Å². The van der Waals surface area contributed by atoms with Crippen LogP contribution < -0.4 is 10.6 Å². The average molecular weight is 248 g/mol. The molecule has 0 amide bonds. The zero-order valence-corrected chi connectivity index (χ0v) is 10.5. The van der Waals surface area contributed by atoms with Crippen molar-refractivity contribution in [2.75, 3.05) is 11.5 Å². The maximum atomic E-state index is 11.3. The van der Waals surface area contributed by atoms with Crippen molar-refractivity contribution in [3.05, 3.63) is 12.2 Å². The number of sulfone groups is 1. The maximum Gasteiger partial charge on any atom is 0.166 e. The topological polar surface area (TPSA) is 58.2 Å². The van der Waals surface area contributed by atoms with E-state index in [1.165, 1.54) is 0 Å². The van der Waals surface area contributed by atoms with E-state index < -0.39 is 9.84 Å². The molecular weight excluding hydrogens is 232 g/mol. The van der Waals surface area contributed by atoms with Crippen molar-refractivity contribution in [3.63, 3.8) is 0 Å². The Bertz CT molecular complexity index is 374. The lowest BCUT2D eigenvalue weighted by Crippen LogP contribution is -2.45. The van der Waals surface area contributed by atoms with Crippen LogP contribution in [0.2, 0.25) is 0 Å². The van der Waals surface area contributed by atoms with Gasteiger partial charge in [0.25, 0.3) is 0 Å². The van der Waals surface area contributed by atoms with Crippen LogP contribution >= 0.6 is 12.2 Å². The molecule has 1 saturated heterocycles. The van der Waals surface area contributed by atoms with Crippen LogP contribution in [-0.4, -0.2) is 37.1 Å². The van der Waals surface area contributed by atoms with Gasteiger partial charge in [0, 0.05) is 6.04 Å². The Morgan fingerprint density at radius 2 is 2.20 bits per heavy atom. The van der Waals surface area contributed by atoms with E-state index in [-0.39, 0.29) is 23.6 Å². The molecule has 1 heterocycles. The molecule has 6 heteroatoms. The van der Waals surface area contributed by atoms with E-state index in [9.17, 15) is 8.42 Å². The molecule has 0 aromatic rings. The fourth-order valence-electron chi connectivity index (χ4n) is 1.42. The summed E-state index contributed by atoms with van der Waals surface area (Å²) in [6, 6.07) is -0.00924. The van der Waals surface area contributed by atoms with Crippen LogP contribution in [0.1, 0.15) is 13.8 Å². The van der Waals surface area contributed by atoms with Gasteiger partial charge in [-0.05, 0) is 31.6 Å². The fraction of sp³-hybridized carbons (Fsp3) is 0.667. The summed E-state index contributed by atoms with van der Waals surface area (Å²) < 4.78 is 22.6. The van der Waals surface area contributed by atoms with E-state index >= 15 is 0 Å². The standard InChI is InChI=1S/C9H16N2O2S2/c1-6(2)10-9(14)11-8-5-15(12,13)4-7(8)3/h6,8H,3-5H2,1-2H3,(H2,10,11,14). The van der Waals surface area contributed by atoms with Crippen LogP contribution in [-0.2, 0) is 9.84 Å². The van der Waals surface area contributed by atoms with E-state index in [4.69, 9.17) is 12.2 Å². The summed E-state index contributed by atoms with van der Waals surface area (Å²) in [5.41, 5.74) is 0.683. The zero-order valence-electron chi connectivity index (χ0n) is 8.91. The highest BCUT2D eigenvalue weighted by molar-refractivity contribution is 7.92. The van der Waals surface area contributed by atoms with Crippen molar-refractivity contribution < 1.29 is 8.42 Å². The minimum absolute atomic E-state index is 0.0644. The van der Waals surface area contributed by atoms with E-state index in [1.807, 2.05) is 13.8 Å². The molecule has 1 aliphatic heterocycles. The minimum Gasteiger partial charge on any atom is -0.361 e. The average Bonchev–Trinajstić information content (AvgIpc) is 2.22. The first-order valence-corrected chi connectivity index (χ1v) is 6.98. The first-order chi connectivity index (χ1) is 6.80. The molecule has 15 heavy (non-hydrogen) atoms. The molecule has 1 unspecified atom stereocenters. The lowest BCUT2D eigenvalue weighted by atomic mass is 10.2. The Labute approximate surface area is 96.0 Å². The van der Waals surface area contributed by atoms with Crippen molar-refractivity contribution >= 4 is 27.2 Å². The molecule has 0 aromatic heterocycles. The van der Waals surface area contributed by atoms with Gasteiger partial charge in [-0.2, -0.15) is 0 Å². The largest absolute Gasteiger partial charge is 0.361 e. The summed E-state index contributed by atoms with van der Waals surface area (Å²) in [6.45, 7) is 7.67. The van der Waals surface area contributed by atoms with E-state index in [1.54, 1.807) is 0 Å². The molecular formula is C9H16N2O2S2. The quantitative estimate of drug-likeness (QED) is 0.540. The minimum atomic E-state index is -2.97. The van der Waals surface area contributed by atoms with Crippen LogP contribution in [0, 0.1) is 0 Å². The molecule has 0 aromatic carbocycles. The molecule has 1 atom stereocenters. The van der Waals surface area contributed by atoms with Gasteiger partial charge in [-0.3, -0.25) is 0 Å². The van der Waals surface area contributed by atoms with Crippen LogP contribution in [0.15, 0.2) is 12.2 Å². The first kappa shape index (κ1) is 12.4. The lowest BCUT2D eigenvalue weighted by Gasteiger charge is -2.17. The third-order valence-corrected chi connectivity index (χ3v) is 3.93. The van der Waals surface area contributed by atoms with Crippen LogP contribution in [0.5, 0.6) is 0 Å². The number of nitrogens with one attached hydrogen (secondary N) is 2. The van der Waals surface area contributed by atoms with Crippen LogP contribution in [0.3, 0.4) is 0 Å². The van der Waals surface area contributed by atoms with Crippen molar-refractivity contribution in [1.82, 2.24) is 10.6 Å². The monoisotopic (exact) mass is 248 g/mol. The second-order valence-electron chi connectivity index (χ2n) is 4.04. The summed E-state index contributed by atoms with van der Waals surface area (Å²) in [5.74, 6) is 0.153. The molecule has 1 rings (SSSR count). The van der Waals surface area contributed by atoms with Gasteiger partial charge >= 0.3 is 0 Å². The predicted molar refractivity (Wildman–Crippen MR) is 65.6 cm³/mol. The molecule has 0 bridgehead atoms. The molecule has 0 saturated carbocycles. The summed E-state index contributed by atoms with van der Waals surface area (Å²) in [5, 5.41) is 6.44. The second-order valence-corrected chi connectivity index (χ2v) is 6.56. The third kappa shape index (κ3) is 3.79. The van der Waals surface area contributed by atoms with Crippen molar-refractivity contribution in [1.29, 1.82) is 0 Å². The maximum absolute atomic E-state index is 11.3. The highest BCUT2D eigenvalue weighted by Gasteiger charge is 2.31. The predicted octanol–water partition coefficient (Wildman–Crippen LogP) is 0.212. The van der Waals surface area contributed by atoms with Gasteiger partial charge in [0.1, 0.15) is 0 Å². The highest BCUT2D eigenvalue weighted by atomic mass is 32.2. The van der Waals surface area contributed by atoms with Gasteiger partial charge in [-0.25, -0.2) is 8.42 Å². The first-order valence-electron chi connectivity index (χ1n) is 4.75. The molecule has 0 spiro atoms. The molecule has 4 nitrogen and oxygen atoms in total. The molecule has 86 valence electrons. The van der Waals surface area contributed by atoms with Crippen molar-refractivity contribution in [2.45, 2.75) is 25.9 Å². The molecule has 2 N–H and O–H groups in total. The van der Waals surface area contributed by atoms with Gasteiger partial charge in [0.2, 0.25) is 0 Å². The van der Waals surface area contributed by atoms with Gasteiger partial charge in [0.05, 0.1) is 17.5 Å². The molecule has 0 radical (unpaired) electrons. The number of thiocarbonyl (C=S) groups is 1. The summed E-state index contributed by atoms with van der Waals surface area (Å²) >= 11 is 5.04. The van der Waals surface area contributed by atoms with E-state index in [2.05, 4.69) is 17.2 Å². The molecule has 1 fully saturated rings.